The highest BCUT2D eigenvalue weighted by Crippen LogP contribution is 2.27. The number of H-pyrrole nitrogens is 1. The molecule has 0 radical (unpaired) electrons. The summed E-state index contributed by atoms with van der Waals surface area (Å²) in [5, 5.41) is 3.51. The average molecular weight is 418 g/mol. The fourth-order valence-corrected chi connectivity index (χ4v) is 3.05. The zero-order valence-corrected chi connectivity index (χ0v) is 15.7. The van der Waals surface area contributed by atoms with Crippen molar-refractivity contribution in [2.45, 2.75) is 19.1 Å². The normalized spacial score (nSPS) is 11.7. The molecule has 148 valence electrons. The number of halogens is 4. The molecule has 0 saturated heterocycles. The molecule has 4 rings (SSSR count). The summed E-state index contributed by atoms with van der Waals surface area (Å²) < 4.78 is 37.6. The van der Waals surface area contributed by atoms with Crippen LogP contribution in [0.25, 0.3) is 11.0 Å². The quantitative estimate of drug-likeness (QED) is 0.436. The predicted octanol–water partition coefficient (Wildman–Crippen LogP) is 5.23. The fraction of sp³-hybridized carbons (Fsp3) is 0.150. The summed E-state index contributed by atoms with van der Waals surface area (Å²) in [6.07, 6.45) is 1.06. The van der Waals surface area contributed by atoms with Crippen LogP contribution >= 0.6 is 11.6 Å². The minimum Gasteiger partial charge on any atom is -0.366 e. The Morgan fingerprint density at radius 3 is 2.45 bits per heavy atom. The Hall–Kier alpha value is -3.13. The lowest BCUT2D eigenvalue weighted by Crippen LogP contribution is -2.08. The summed E-state index contributed by atoms with van der Waals surface area (Å²) in [6.45, 7) is 0.322. The largest absolute Gasteiger partial charge is 0.433 e. The van der Waals surface area contributed by atoms with Crippen LogP contribution in [0.3, 0.4) is 0 Å². The van der Waals surface area contributed by atoms with Gasteiger partial charge >= 0.3 is 6.18 Å². The van der Waals surface area contributed by atoms with Crippen LogP contribution < -0.4 is 5.32 Å². The maximum atomic E-state index is 12.5. The molecule has 0 fully saturated rings. The van der Waals surface area contributed by atoms with Gasteiger partial charge in [-0.2, -0.15) is 13.2 Å². The number of aromatic nitrogens is 4. The molecule has 29 heavy (non-hydrogen) atoms. The fourth-order valence-electron chi connectivity index (χ4n) is 2.91. The van der Waals surface area contributed by atoms with Gasteiger partial charge in [0.2, 0.25) is 0 Å². The van der Waals surface area contributed by atoms with Gasteiger partial charge in [-0.15, -0.1) is 0 Å². The molecular weight excluding hydrogens is 403 g/mol. The van der Waals surface area contributed by atoms with Crippen LogP contribution in [0.4, 0.5) is 19.0 Å². The third kappa shape index (κ3) is 4.48. The minimum atomic E-state index is -4.44. The number of aromatic amines is 1. The Bertz CT molecular complexity index is 1120. The molecular formula is C20H15ClF3N5. The highest BCUT2D eigenvalue weighted by molar-refractivity contribution is 6.29. The molecule has 0 bridgehead atoms. The van der Waals surface area contributed by atoms with Gasteiger partial charge in [-0.3, -0.25) is 4.98 Å². The zero-order valence-electron chi connectivity index (χ0n) is 15.0. The van der Waals surface area contributed by atoms with Crippen LogP contribution in [-0.4, -0.2) is 19.9 Å². The van der Waals surface area contributed by atoms with Crippen molar-refractivity contribution in [3.8, 4) is 0 Å². The van der Waals surface area contributed by atoms with Gasteiger partial charge < -0.3 is 10.3 Å². The summed E-state index contributed by atoms with van der Waals surface area (Å²) in [5.41, 5.74) is 3.48. The van der Waals surface area contributed by atoms with Crippen molar-refractivity contribution in [1.82, 2.24) is 19.9 Å². The molecule has 0 atom stereocenters. The Kier molecular flexibility index (Phi) is 5.10. The molecule has 4 aromatic rings. The number of rotatable bonds is 5. The highest BCUT2D eigenvalue weighted by atomic mass is 35.5. The van der Waals surface area contributed by atoms with Crippen LogP contribution in [0, 0.1) is 0 Å². The van der Waals surface area contributed by atoms with Gasteiger partial charge in [0, 0.05) is 37.1 Å². The molecule has 0 aliphatic rings. The first-order valence-electron chi connectivity index (χ1n) is 8.72. The van der Waals surface area contributed by atoms with E-state index in [9.17, 15) is 13.2 Å². The minimum absolute atomic E-state index is 0.322. The number of fused-ring (bicyclic) bond motifs is 1. The maximum absolute atomic E-state index is 12.5. The third-order valence-electron chi connectivity index (χ3n) is 4.38. The third-order valence-corrected chi connectivity index (χ3v) is 4.59. The number of nitrogens with zero attached hydrogens (tertiary/aromatic N) is 3. The molecule has 0 aliphatic heterocycles. The molecule has 4 heterocycles. The van der Waals surface area contributed by atoms with Crippen LogP contribution in [0.2, 0.25) is 5.15 Å². The summed E-state index contributed by atoms with van der Waals surface area (Å²) in [4.78, 5) is 15.3. The van der Waals surface area contributed by atoms with Gasteiger partial charge in [0.1, 0.15) is 16.7 Å². The van der Waals surface area contributed by atoms with Gasteiger partial charge in [-0.25, -0.2) is 9.97 Å². The smallest absolute Gasteiger partial charge is 0.366 e. The molecule has 0 aromatic carbocycles. The van der Waals surface area contributed by atoms with Crippen molar-refractivity contribution in [1.29, 1.82) is 0 Å². The van der Waals surface area contributed by atoms with Crippen molar-refractivity contribution >= 4 is 28.5 Å². The van der Waals surface area contributed by atoms with Crippen LogP contribution in [0.15, 0.2) is 55.0 Å². The first-order chi connectivity index (χ1) is 13.9. The average Bonchev–Trinajstić information content (AvgIpc) is 3.09. The molecule has 0 unspecified atom stereocenters. The summed E-state index contributed by atoms with van der Waals surface area (Å²) in [5.74, 6) is 0.619. The number of pyridine rings is 3. The highest BCUT2D eigenvalue weighted by Gasteiger charge is 2.31. The SMILES string of the molecule is FC(F)(F)c1ccc(CNc2ccc(Cc3c[nH]c4ccc(Cl)nc34)cn2)cn1. The van der Waals surface area contributed by atoms with Crippen LogP contribution in [-0.2, 0) is 19.1 Å². The molecule has 2 N–H and O–H groups in total. The standard InChI is InChI=1S/C20H15ClF3N5/c21-17-5-3-15-19(29-17)14(11-25-15)7-12-2-6-18(27-8-12)28-10-13-1-4-16(26-9-13)20(22,23)24/h1-6,8-9,11,25H,7,10H2,(H,27,28). The van der Waals surface area contributed by atoms with Gasteiger partial charge in [0.05, 0.1) is 11.0 Å². The lowest BCUT2D eigenvalue weighted by atomic mass is 10.1. The van der Waals surface area contributed by atoms with E-state index >= 15 is 0 Å². The number of hydrogen-bond acceptors (Lipinski definition) is 4. The second kappa shape index (κ2) is 7.71. The Morgan fingerprint density at radius 2 is 1.76 bits per heavy atom. The second-order valence-corrected chi connectivity index (χ2v) is 6.86. The number of anilines is 1. The summed E-state index contributed by atoms with van der Waals surface area (Å²) in [7, 11) is 0. The lowest BCUT2D eigenvalue weighted by molar-refractivity contribution is -0.141. The topological polar surface area (TPSA) is 66.5 Å². The van der Waals surface area contributed by atoms with E-state index in [1.807, 2.05) is 24.4 Å². The summed E-state index contributed by atoms with van der Waals surface area (Å²) >= 11 is 5.98. The van der Waals surface area contributed by atoms with Crippen LogP contribution in [0.1, 0.15) is 22.4 Å². The molecule has 0 saturated carbocycles. The van der Waals surface area contributed by atoms with E-state index in [2.05, 4.69) is 25.3 Å². The van der Waals surface area contributed by atoms with Crippen molar-refractivity contribution in [3.05, 3.63) is 82.5 Å². The molecule has 9 heteroatoms. The predicted molar refractivity (Wildman–Crippen MR) is 105 cm³/mol. The number of alkyl halides is 3. The number of nitrogens with one attached hydrogen (secondary N) is 2. The van der Waals surface area contributed by atoms with E-state index < -0.39 is 11.9 Å². The Labute approximate surface area is 169 Å². The van der Waals surface area contributed by atoms with E-state index in [1.54, 1.807) is 12.3 Å². The molecule has 0 amide bonds. The zero-order chi connectivity index (χ0) is 20.4. The molecule has 0 spiro atoms. The molecule has 0 aliphatic carbocycles. The lowest BCUT2D eigenvalue weighted by Gasteiger charge is -2.08. The summed E-state index contributed by atoms with van der Waals surface area (Å²) in [6, 6.07) is 9.74. The van der Waals surface area contributed by atoms with E-state index in [0.717, 1.165) is 28.2 Å². The van der Waals surface area contributed by atoms with E-state index in [4.69, 9.17) is 11.6 Å². The second-order valence-electron chi connectivity index (χ2n) is 6.48. The van der Waals surface area contributed by atoms with Crippen molar-refractivity contribution in [2.75, 3.05) is 5.32 Å². The van der Waals surface area contributed by atoms with E-state index in [1.165, 1.54) is 12.3 Å². The van der Waals surface area contributed by atoms with Gasteiger partial charge in [0.15, 0.2) is 0 Å². The molecule has 5 nitrogen and oxygen atoms in total. The van der Waals surface area contributed by atoms with E-state index in [-0.39, 0.29) is 0 Å². The van der Waals surface area contributed by atoms with Gasteiger partial charge in [-0.1, -0.05) is 23.7 Å². The first kappa shape index (κ1) is 19.2. The maximum Gasteiger partial charge on any atom is 0.433 e. The van der Waals surface area contributed by atoms with E-state index in [0.29, 0.717) is 29.5 Å². The van der Waals surface area contributed by atoms with Crippen molar-refractivity contribution in [3.63, 3.8) is 0 Å². The Morgan fingerprint density at radius 1 is 0.966 bits per heavy atom. The van der Waals surface area contributed by atoms with Crippen molar-refractivity contribution < 1.29 is 13.2 Å². The first-order valence-corrected chi connectivity index (χ1v) is 9.10. The van der Waals surface area contributed by atoms with Crippen LogP contribution in [0.5, 0.6) is 0 Å². The monoisotopic (exact) mass is 417 g/mol. The Balaban J connectivity index is 1.39. The van der Waals surface area contributed by atoms with Gasteiger partial charge in [0.25, 0.3) is 0 Å². The van der Waals surface area contributed by atoms with Crippen molar-refractivity contribution in [2.24, 2.45) is 0 Å². The molecule has 4 aromatic heterocycles. The van der Waals surface area contributed by atoms with Gasteiger partial charge in [-0.05, 0) is 35.4 Å². The number of hydrogen-bond donors (Lipinski definition) is 2.